The van der Waals surface area contributed by atoms with Crippen LogP contribution in [-0.2, 0) is 5.75 Å². The number of aromatic nitrogens is 4. The summed E-state index contributed by atoms with van der Waals surface area (Å²) < 4.78 is 21.6. The standard InChI is InChI=1S/C25H26FN5OS/c1-18(30-14-6-3-7-15-30)24-28-29-25(31(24)21-12-10-20(26)11-13-21)33-17-23-27-16-22(32-23)19-8-4-2-5-9-19/h2,4-5,8-13,16,18H,3,6-7,14-15,17H2,1H3. The summed E-state index contributed by atoms with van der Waals surface area (Å²) in [4.78, 5) is 6.88. The van der Waals surface area contributed by atoms with Crippen LogP contribution in [0, 0.1) is 5.82 Å². The van der Waals surface area contributed by atoms with Crippen LogP contribution in [0.3, 0.4) is 0 Å². The SMILES string of the molecule is CC(c1nnc(SCc2ncc(-c3ccccc3)o2)n1-c1ccc(F)cc1)N1CCCCC1. The van der Waals surface area contributed by atoms with Gasteiger partial charge in [0.15, 0.2) is 16.7 Å². The van der Waals surface area contributed by atoms with Crippen LogP contribution in [0.4, 0.5) is 4.39 Å². The van der Waals surface area contributed by atoms with Crippen LogP contribution in [0.25, 0.3) is 17.0 Å². The maximum absolute atomic E-state index is 13.6. The number of oxazole rings is 1. The molecule has 4 aromatic rings. The highest BCUT2D eigenvalue weighted by Crippen LogP contribution is 2.31. The van der Waals surface area contributed by atoms with E-state index in [1.165, 1.54) is 43.2 Å². The Kier molecular flexibility index (Phi) is 6.55. The third kappa shape index (κ3) is 4.86. The van der Waals surface area contributed by atoms with Crippen LogP contribution in [0.1, 0.15) is 43.9 Å². The first-order valence-corrected chi connectivity index (χ1v) is 12.3. The predicted molar refractivity (Wildman–Crippen MR) is 127 cm³/mol. The van der Waals surface area contributed by atoms with Gasteiger partial charge in [0.25, 0.3) is 0 Å². The maximum Gasteiger partial charge on any atom is 0.205 e. The second kappa shape index (κ2) is 9.89. The van der Waals surface area contributed by atoms with Crippen molar-refractivity contribution in [3.05, 3.63) is 78.3 Å². The fourth-order valence-electron chi connectivity index (χ4n) is 4.19. The van der Waals surface area contributed by atoms with E-state index in [4.69, 9.17) is 4.42 Å². The quantitative estimate of drug-likeness (QED) is 0.318. The zero-order chi connectivity index (χ0) is 22.6. The molecular weight excluding hydrogens is 437 g/mol. The van der Waals surface area contributed by atoms with E-state index in [-0.39, 0.29) is 11.9 Å². The first kappa shape index (κ1) is 21.9. The molecule has 0 spiro atoms. The van der Waals surface area contributed by atoms with Crippen LogP contribution in [0.5, 0.6) is 0 Å². The van der Waals surface area contributed by atoms with E-state index in [1.807, 2.05) is 34.9 Å². The first-order valence-electron chi connectivity index (χ1n) is 11.3. The molecule has 6 nitrogen and oxygen atoms in total. The molecular formula is C25H26FN5OS. The van der Waals surface area contributed by atoms with E-state index < -0.39 is 0 Å². The summed E-state index contributed by atoms with van der Waals surface area (Å²) in [6.07, 6.45) is 5.42. The zero-order valence-electron chi connectivity index (χ0n) is 18.5. The van der Waals surface area contributed by atoms with Crippen molar-refractivity contribution in [3.63, 3.8) is 0 Å². The van der Waals surface area contributed by atoms with Crippen LogP contribution in [0.2, 0.25) is 0 Å². The molecule has 1 saturated heterocycles. The molecule has 1 atom stereocenters. The molecule has 1 aliphatic heterocycles. The molecule has 1 fully saturated rings. The number of hydrogen-bond acceptors (Lipinski definition) is 6. The Hall–Kier alpha value is -2.97. The minimum absolute atomic E-state index is 0.114. The molecule has 1 unspecified atom stereocenters. The summed E-state index contributed by atoms with van der Waals surface area (Å²) in [6, 6.07) is 16.5. The van der Waals surface area contributed by atoms with Gasteiger partial charge in [-0.3, -0.25) is 9.47 Å². The third-order valence-corrected chi connectivity index (χ3v) is 6.91. The Bertz CT molecular complexity index is 1190. The minimum Gasteiger partial charge on any atom is -0.440 e. The van der Waals surface area contributed by atoms with Gasteiger partial charge in [-0.2, -0.15) is 0 Å². The molecule has 1 aliphatic rings. The van der Waals surface area contributed by atoms with Gasteiger partial charge in [0.1, 0.15) is 5.82 Å². The fourth-order valence-corrected chi connectivity index (χ4v) is 5.00. The number of halogens is 1. The van der Waals surface area contributed by atoms with Crippen LogP contribution < -0.4 is 0 Å². The van der Waals surface area contributed by atoms with Crippen molar-refractivity contribution in [2.45, 2.75) is 43.1 Å². The van der Waals surface area contributed by atoms with Gasteiger partial charge in [-0.1, -0.05) is 48.5 Å². The van der Waals surface area contributed by atoms with E-state index in [2.05, 4.69) is 27.0 Å². The van der Waals surface area contributed by atoms with Crippen molar-refractivity contribution in [2.75, 3.05) is 13.1 Å². The van der Waals surface area contributed by atoms with Crippen molar-refractivity contribution in [1.82, 2.24) is 24.6 Å². The second-order valence-electron chi connectivity index (χ2n) is 8.20. The van der Waals surface area contributed by atoms with Gasteiger partial charge in [-0.15, -0.1) is 10.2 Å². The van der Waals surface area contributed by atoms with Crippen LogP contribution >= 0.6 is 11.8 Å². The third-order valence-electron chi connectivity index (χ3n) is 5.99. The molecule has 0 saturated carbocycles. The number of nitrogens with zero attached hydrogens (tertiary/aromatic N) is 5. The van der Waals surface area contributed by atoms with E-state index >= 15 is 0 Å². The lowest BCUT2D eigenvalue weighted by Gasteiger charge is -2.31. The molecule has 0 aliphatic carbocycles. The van der Waals surface area contributed by atoms with Gasteiger partial charge >= 0.3 is 0 Å². The number of benzene rings is 2. The highest BCUT2D eigenvalue weighted by molar-refractivity contribution is 7.98. The molecule has 8 heteroatoms. The van der Waals surface area contributed by atoms with Crippen LogP contribution in [-0.4, -0.2) is 37.7 Å². The van der Waals surface area contributed by atoms with Crippen molar-refractivity contribution in [3.8, 4) is 17.0 Å². The zero-order valence-corrected chi connectivity index (χ0v) is 19.3. The number of piperidine rings is 1. The highest BCUT2D eigenvalue weighted by Gasteiger charge is 2.25. The molecule has 3 heterocycles. The van der Waals surface area contributed by atoms with Gasteiger partial charge < -0.3 is 4.42 Å². The molecule has 0 amide bonds. The molecule has 5 rings (SSSR count). The lowest BCUT2D eigenvalue weighted by atomic mass is 10.1. The lowest BCUT2D eigenvalue weighted by Crippen LogP contribution is -2.33. The first-order chi connectivity index (χ1) is 16.2. The Morgan fingerprint density at radius 3 is 2.52 bits per heavy atom. The van der Waals surface area contributed by atoms with Crippen molar-refractivity contribution < 1.29 is 8.81 Å². The molecule has 0 N–H and O–H groups in total. The Labute approximate surface area is 196 Å². The van der Waals surface area contributed by atoms with Crippen molar-refractivity contribution >= 4 is 11.8 Å². The Balaban J connectivity index is 1.40. The monoisotopic (exact) mass is 463 g/mol. The normalized spacial score (nSPS) is 15.6. The number of likely N-dealkylation sites (tertiary alicyclic amines) is 1. The fraction of sp³-hybridized carbons (Fsp3) is 0.320. The topological polar surface area (TPSA) is 60.0 Å². The van der Waals surface area contributed by atoms with Gasteiger partial charge in [-0.25, -0.2) is 9.37 Å². The van der Waals surface area contributed by atoms with E-state index in [0.29, 0.717) is 11.6 Å². The summed E-state index contributed by atoms with van der Waals surface area (Å²) in [5.74, 6) is 2.48. The van der Waals surface area contributed by atoms with E-state index in [0.717, 1.165) is 41.1 Å². The van der Waals surface area contributed by atoms with Gasteiger partial charge in [0.05, 0.1) is 18.0 Å². The van der Waals surface area contributed by atoms with Gasteiger partial charge in [-0.05, 0) is 57.1 Å². The minimum atomic E-state index is -0.264. The molecule has 33 heavy (non-hydrogen) atoms. The van der Waals surface area contributed by atoms with Crippen molar-refractivity contribution in [2.24, 2.45) is 0 Å². The molecule has 0 bridgehead atoms. The number of hydrogen-bond donors (Lipinski definition) is 0. The molecule has 2 aromatic heterocycles. The largest absolute Gasteiger partial charge is 0.440 e. The maximum atomic E-state index is 13.6. The van der Waals surface area contributed by atoms with E-state index in [1.54, 1.807) is 18.3 Å². The van der Waals surface area contributed by atoms with Crippen molar-refractivity contribution in [1.29, 1.82) is 0 Å². The summed E-state index contributed by atoms with van der Waals surface area (Å²) >= 11 is 1.51. The molecule has 0 radical (unpaired) electrons. The Morgan fingerprint density at radius 2 is 1.76 bits per heavy atom. The lowest BCUT2D eigenvalue weighted by molar-refractivity contribution is 0.167. The second-order valence-corrected chi connectivity index (χ2v) is 9.14. The van der Waals surface area contributed by atoms with Crippen LogP contribution in [0.15, 0.2) is 70.4 Å². The summed E-state index contributed by atoms with van der Waals surface area (Å²) in [5.41, 5.74) is 1.84. The summed E-state index contributed by atoms with van der Waals surface area (Å²) in [5, 5.41) is 9.79. The average molecular weight is 464 g/mol. The number of thioether (sulfide) groups is 1. The number of rotatable bonds is 7. The van der Waals surface area contributed by atoms with E-state index in [9.17, 15) is 4.39 Å². The van der Waals surface area contributed by atoms with Gasteiger partial charge in [0.2, 0.25) is 5.89 Å². The summed E-state index contributed by atoms with van der Waals surface area (Å²) in [7, 11) is 0. The summed E-state index contributed by atoms with van der Waals surface area (Å²) in [6.45, 7) is 4.28. The van der Waals surface area contributed by atoms with Gasteiger partial charge in [0, 0.05) is 11.3 Å². The molecule has 170 valence electrons. The molecule has 2 aromatic carbocycles. The predicted octanol–water partition coefficient (Wildman–Crippen LogP) is 5.90. The highest BCUT2D eigenvalue weighted by atomic mass is 32.2. The average Bonchev–Trinajstić information content (AvgIpc) is 3.51. The smallest absolute Gasteiger partial charge is 0.205 e. The Morgan fingerprint density at radius 1 is 1.00 bits per heavy atom.